The first-order chi connectivity index (χ1) is 15.9. The van der Waals surface area contributed by atoms with Crippen LogP contribution in [0.1, 0.15) is 19.4 Å². The number of hydrogen-bond donors (Lipinski definition) is 1. The number of nitriles is 1. The molecule has 0 radical (unpaired) electrons. The molecule has 0 bridgehead atoms. The lowest BCUT2D eigenvalue weighted by molar-refractivity contribution is -0.117. The molecular formula is C25H30FN5O2. The van der Waals surface area contributed by atoms with Gasteiger partial charge in [0.1, 0.15) is 17.4 Å². The van der Waals surface area contributed by atoms with Gasteiger partial charge in [0, 0.05) is 50.6 Å². The van der Waals surface area contributed by atoms with Crippen LogP contribution in [0.2, 0.25) is 0 Å². The van der Waals surface area contributed by atoms with Crippen LogP contribution in [0.3, 0.4) is 0 Å². The maximum atomic E-state index is 13.9. The van der Waals surface area contributed by atoms with Crippen LogP contribution in [0.5, 0.6) is 0 Å². The molecule has 2 atom stereocenters. The lowest BCUT2D eigenvalue weighted by Crippen LogP contribution is -2.49. The Labute approximate surface area is 194 Å². The number of carbonyl (C=O) groups is 1. The number of ether oxygens (including phenoxy) is 1. The summed E-state index contributed by atoms with van der Waals surface area (Å²) in [7, 11) is 0. The largest absolute Gasteiger partial charge is 0.372 e. The van der Waals surface area contributed by atoms with Crippen molar-refractivity contribution in [2.24, 2.45) is 0 Å². The number of morpholine rings is 1. The Bertz CT molecular complexity index is 1000. The van der Waals surface area contributed by atoms with Gasteiger partial charge in [0.05, 0.1) is 24.4 Å². The Kier molecular flexibility index (Phi) is 7.11. The molecule has 2 aliphatic rings. The zero-order valence-corrected chi connectivity index (χ0v) is 19.1. The van der Waals surface area contributed by atoms with Gasteiger partial charge in [0.25, 0.3) is 0 Å². The fourth-order valence-corrected chi connectivity index (χ4v) is 4.58. The van der Waals surface area contributed by atoms with E-state index in [9.17, 15) is 14.4 Å². The summed E-state index contributed by atoms with van der Waals surface area (Å²) in [5.41, 5.74) is 2.59. The summed E-state index contributed by atoms with van der Waals surface area (Å²) >= 11 is 0. The van der Waals surface area contributed by atoms with Crippen molar-refractivity contribution in [2.75, 3.05) is 60.9 Å². The Balaban J connectivity index is 1.27. The van der Waals surface area contributed by atoms with Gasteiger partial charge < -0.3 is 19.9 Å². The average molecular weight is 452 g/mol. The molecule has 7 nitrogen and oxygen atoms in total. The Morgan fingerprint density at radius 3 is 2.36 bits per heavy atom. The number of nitrogens with one attached hydrogen (secondary N) is 1. The van der Waals surface area contributed by atoms with Crippen molar-refractivity contribution in [2.45, 2.75) is 26.1 Å². The van der Waals surface area contributed by atoms with Crippen molar-refractivity contribution < 1.29 is 13.9 Å². The second-order valence-corrected chi connectivity index (χ2v) is 8.77. The molecule has 2 heterocycles. The van der Waals surface area contributed by atoms with Crippen LogP contribution in [0.15, 0.2) is 42.5 Å². The Hall–Kier alpha value is -3.15. The highest BCUT2D eigenvalue weighted by atomic mass is 19.1. The molecule has 8 heteroatoms. The lowest BCUT2D eigenvalue weighted by Gasteiger charge is -2.37. The van der Waals surface area contributed by atoms with Crippen LogP contribution >= 0.6 is 0 Å². The standard InChI is InChI=1S/C25H30FN5O2/c1-18-15-31(16-19(2)33-18)21-8-6-20(7-9-21)28-25(32)17-29-10-12-30(13-11-29)24-5-3-4-23(26)22(24)14-27/h3-9,18-19H,10-13,15-17H2,1-2H3,(H,28,32). The minimum absolute atomic E-state index is 0.0618. The van der Waals surface area contributed by atoms with Gasteiger partial charge in [-0.15, -0.1) is 0 Å². The van der Waals surface area contributed by atoms with Gasteiger partial charge >= 0.3 is 0 Å². The number of carbonyl (C=O) groups excluding carboxylic acids is 1. The second kappa shape index (κ2) is 10.2. The number of piperazine rings is 1. The zero-order valence-electron chi connectivity index (χ0n) is 19.1. The van der Waals surface area contributed by atoms with Gasteiger partial charge in [-0.3, -0.25) is 9.69 Å². The summed E-state index contributed by atoms with van der Waals surface area (Å²) in [4.78, 5) is 18.9. The normalized spacial score (nSPS) is 21.5. The van der Waals surface area contributed by atoms with Gasteiger partial charge in [-0.1, -0.05) is 6.07 Å². The van der Waals surface area contributed by atoms with E-state index in [0.29, 0.717) is 38.4 Å². The number of amides is 1. The molecule has 33 heavy (non-hydrogen) atoms. The average Bonchev–Trinajstić information content (AvgIpc) is 2.79. The molecule has 0 saturated carbocycles. The predicted octanol–water partition coefficient (Wildman–Crippen LogP) is 3.07. The molecule has 1 amide bonds. The van der Waals surface area contributed by atoms with E-state index in [0.717, 1.165) is 24.5 Å². The van der Waals surface area contributed by atoms with E-state index in [1.165, 1.54) is 6.07 Å². The topological polar surface area (TPSA) is 71.8 Å². The van der Waals surface area contributed by atoms with Crippen molar-refractivity contribution in [1.82, 2.24) is 4.90 Å². The molecule has 1 N–H and O–H groups in total. The summed E-state index contributed by atoms with van der Waals surface area (Å²) in [5, 5.41) is 12.2. The first-order valence-electron chi connectivity index (χ1n) is 11.4. The van der Waals surface area contributed by atoms with Crippen LogP contribution in [0.4, 0.5) is 21.5 Å². The van der Waals surface area contributed by atoms with Crippen LogP contribution < -0.4 is 15.1 Å². The molecule has 174 valence electrons. The van der Waals surface area contributed by atoms with Gasteiger partial charge in [0.15, 0.2) is 0 Å². The van der Waals surface area contributed by atoms with Gasteiger partial charge in [-0.2, -0.15) is 5.26 Å². The molecule has 0 aromatic heterocycles. The predicted molar refractivity (Wildman–Crippen MR) is 127 cm³/mol. The second-order valence-electron chi connectivity index (χ2n) is 8.77. The van der Waals surface area contributed by atoms with Crippen molar-refractivity contribution in [3.63, 3.8) is 0 Å². The maximum absolute atomic E-state index is 13.9. The molecule has 2 aromatic carbocycles. The van der Waals surface area contributed by atoms with Crippen molar-refractivity contribution in [3.8, 4) is 6.07 Å². The third-order valence-corrected chi connectivity index (χ3v) is 6.12. The number of rotatable bonds is 5. The highest BCUT2D eigenvalue weighted by molar-refractivity contribution is 5.92. The summed E-state index contributed by atoms with van der Waals surface area (Å²) in [5.74, 6) is -0.561. The molecule has 2 unspecified atom stereocenters. The molecule has 2 fully saturated rings. The fraction of sp³-hybridized carbons (Fsp3) is 0.440. The van der Waals surface area contributed by atoms with Crippen LogP contribution in [-0.2, 0) is 9.53 Å². The summed E-state index contributed by atoms with van der Waals surface area (Å²) in [6.07, 6.45) is 0.391. The molecule has 4 rings (SSSR count). The Morgan fingerprint density at radius 1 is 1.06 bits per heavy atom. The van der Waals surface area contributed by atoms with Crippen molar-refractivity contribution in [3.05, 3.63) is 53.8 Å². The van der Waals surface area contributed by atoms with E-state index >= 15 is 0 Å². The third-order valence-electron chi connectivity index (χ3n) is 6.12. The molecule has 2 aliphatic heterocycles. The van der Waals surface area contributed by atoms with E-state index in [2.05, 4.69) is 29.0 Å². The smallest absolute Gasteiger partial charge is 0.238 e. The number of halogens is 1. The third kappa shape index (κ3) is 5.62. The van der Waals surface area contributed by atoms with E-state index in [4.69, 9.17) is 4.74 Å². The molecule has 0 spiro atoms. The maximum Gasteiger partial charge on any atom is 0.238 e. The van der Waals surface area contributed by atoms with Gasteiger partial charge in [-0.05, 0) is 50.2 Å². The van der Waals surface area contributed by atoms with Crippen molar-refractivity contribution >= 4 is 23.0 Å². The Morgan fingerprint density at radius 2 is 1.73 bits per heavy atom. The lowest BCUT2D eigenvalue weighted by atomic mass is 10.1. The quantitative estimate of drug-likeness (QED) is 0.754. The number of hydrogen-bond acceptors (Lipinski definition) is 6. The van der Waals surface area contributed by atoms with Gasteiger partial charge in [-0.25, -0.2) is 4.39 Å². The van der Waals surface area contributed by atoms with E-state index in [-0.39, 0.29) is 23.7 Å². The van der Waals surface area contributed by atoms with E-state index in [1.807, 2.05) is 35.2 Å². The number of nitrogens with zero attached hydrogens (tertiary/aromatic N) is 4. The summed E-state index contributed by atoms with van der Waals surface area (Å²) in [6, 6.07) is 14.6. The first kappa shape index (κ1) is 23.0. The molecular weight excluding hydrogens is 421 g/mol. The highest BCUT2D eigenvalue weighted by Gasteiger charge is 2.23. The minimum Gasteiger partial charge on any atom is -0.372 e. The monoisotopic (exact) mass is 451 g/mol. The fourth-order valence-electron chi connectivity index (χ4n) is 4.58. The van der Waals surface area contributed by atoms with E-state index in [1.54, 1.807) is 12.1 Å². The van der Waals surface area contributed by atoms with Crippen LogP contribution in [0.25, 0.3) is 0 Å². The van der Waals surface area contributed by atoms with Crippen LogP contribution in [-0.4, -0.2) is 68.8 Å². The SMILES string of the molecule is CC1CN(c2ccc(NC(=O)CN3CCN(c4cccc(F)c4C#N)CC3)cc2)CC(C)O1. The van der Waals surface area contributed by atoms with E-state index < -0.39 is 5.82 Å². The number of benzene rings is 2. The summed E-state index contributed by atoms with van der Waals surface area (Å²) < 4.78 is 19.7. The molecule has 2 aromatic rings. The first-order valence-corrected chi connectivity index (χ1v) is 11.4. The number of anilines is 3. The van der Waals surface area contributed by atoms with Gasteiger partial charge in [0.2, 0.25) is 5.91 Å². The minimum atomic E-state index is -0.500. The molecule has 0 aliphatic carbocycles. The van der Waals surface area contributed by atoms with Crippen LogP contribution in [0, 0.1) is 17.1 Å². The van der Waals surface area contributed by atoms with Crippen molar-refractivity contribution in [1.29, 1.82) is 5.26 Å². The summed E-state index contributed by atoms with van der Waals surface area (Å²) in [6.45, 7) is 8.77. The molecule has 2 saturated heterocycles. The highest BCUT2D eigenvalue weighted by Crippen LogP contribution is 2.24. The zero-order chi connectivity index (χ0) is 23.4.